The van der Waals surface area contributed by atoms with Crippen molar-refractivity contribution in [2.24, 2.45) is 0 Å². The number of nitrogens with one attached hydrogen (secondary N) is 1. The number of hydrogen-bond acceptors (Lipinski definition) is 3. The van der Waals surface area contributed by atoms with Gasteiger partial charge in [0.1, 0.15) is 11.6 Å². The lowest BCUT2D eigenvalue weighted by molar-refractivity contribution is -0.135. The van der Waals surface area contributed by atoms with E-state index in [2.05, 4.69) is 5.32 Å². The minimum Gasteiger partial charge on any atom is -0.496 e. The first-order valence-electron chi connectivity index (χ1n) is 7.88. The quantitative estimate of drug-likeness (QED) is 0.840. The fourth-order valence-corrected chi connectivity index (χ4v) is 2.38. The van der Waals surface area contributed by atoms with Crippen LogP contribution in [0.3, 0.4) is 0 Å². The lowest BCUT2D eigenvalue weighted by Gasteiger charge is -2.21. The van der Waals surface area contributed by atoms with Crippen LogP contribution in [0.1, 0.15) is 18.1 Å². The molecule has 0 unspecified atom stereocenters. The van der Waals surface area contributed by atoms with Crippen LogP contribution in [0, 0.1) is 5.82 Å². The number of rotatable bonds is 7. The highest BCUT2D eigenvalue weighted by Gasteiger charge is 2.16. The summed E-state index contributed by atoms with van der Waals surface area (Å²) in [4.78, 5) is 25.2. The van der Waals surface area contributed by atoms with Crippen molar-refractivity contribution in [3.05, 3.63) is 65.5 Å². The molecule has 132 valence electrons. The monoisotopic (exact) mass is 344 g/mol. The van der Waals surface area contributed by atoms with E-state index < -0.39 is 5.82 Å². The van der Waals surface area contributed by atoms with Crippen LogP contribution in [-0.4, -0.2) is 30.4 Å². The van der Waals surface area contributed by atoms with Crippen LogP contribution in [0.15, 0.2) is 48.5 Å². The maximum atomic E-state index is 13.8. The number of methoxy groups -OCH3 is 1. The Balaban J connectivity index is 1.96. The molecule has 0 bridgehead atoms. The van der Waals surface area contributed by atoms with Crippen LogP contribution in [-0.2, 0) is 22.7 Å². The van der Waals surface area contributed by atoms with Crippen molar-refractivity contribution in [1.29, 1.82) is 0 Å². The van der Waals surface area contributed by atoms with Gasteiger partial charge in [-0.15, -0.1) is 0 Å². The lowest BCUT2D eigenvalue weighted by Crippen LogP contribution is -2.39. The number of amides is 2. The average Bonchev–Trinajstić information content (AvgIpc) is 2.61. The summed E-state index contributed by atoms with van der Waals surface area (Å²) in [5.41, 5.74) is 1.21. The highest BCUT2D eigenvalue weighted by atomic mass is 19.1. The molecule has 25 heavy (non-hydrogen) atoms. The first-order chi connectivity index (χ1) is 12.0. The van der Waals surface area contributed by atoms with Gasteiger partial charge in [0.25, 0.3) is 0 Å². The predicted octanol–water partition coefficient (Wildman–Crippen LogP) is 2.50. The van der Waals surface area contributed by atoms with Gasteiger partial charge in [0.2, 0.25) is 11.8 Å². The van der Waals surface area contributed by atoms with Gasteiger partial charge in [-0.3, -0.25) is 9.59 Å². The zero-order chi connectivity index (χ0) is 18.2. The maximum absolute atomic E-state index is 13.8. The highest BCUT2D eigenvalue weighted by Crippen LogP contribution is 2.16. The van der Waals surface area contributed by atoms with E-state index in [1.54, 1.807) is 25.3 Å². The predicted molar refractivity (Wildman–Crippen MR) is 92.3 cm³/mol. The molecule has 2 amide bonds. The molecule has 2 aromatic rings. The van der Waals surface area contributed by atoms with Gasteiger partial charge in [-0.05, 0) is 12.1 Å². The summed E-state index contributed by atoms with van der Waals surface area (Å²) in [6.45, 7) is 1.55. The summed E-state index contributed by atoms with van der Waals surface area (Å²) in [7, 11) is 1.56. The normalized spacial score (nSPS) is 10.2. The zero-order valence-electron chi connectivity index (χ0n) is 14.3. The van der Waals surface area contributed by atoms with Crippen molar-refractivity contribution in [2.75, 3.05) is 13.7 Å². The smallest absolute Gasteiger partial charge is 0.239 e. The molecule has 6 heteroatoms. The van der Waals surface area contributed by atoms with E-state index in [0.717, 1.165) is 5.56 Å². The molecule has 0 atom stereocenters. The molecule has 0 radical (unpaired) electrons. The Labute approximate surface area is 146 Å². The Morgan fingerprint density at radius 2 is 1.72 bits per heavy atom. The molecule has 0 saturated carbocycles. The zero-order valence-corrected chi connectivity index (χ0v) is 14.3. The van der Waals surface area contributed by atoms with Crippen LogP contribution in [0.25, 0.3) is 0 Å². The van der Waals surface area contributed by atoms with Crippen LogP contribution >= 0.6 is 0 Å². The summed E-state index contributed by atoms with van der Waals surface area (Å²) in [6.07, 6.45) is 0. The van der Waals surface area contributed by atoms with Crippen LogP contribution in [0.5, 0.6) is 5.75 Å². The topological polar surface area (TPSA) is 58.6 Å². The third-order valence-corrected chi connectivity index (χ3v) is 3.77. The molecule has 5 nitrogen and oxygen atoms in total. The second-order valence-electron chi connectivity index (χ2n) is 5.56. The molecule has 0 fully saturated rings. The van der Waals surface area contributed by atoms with Gasteiger partial charge in [-0.2, -0.15) is 0 Å². The number of ether oxygens (including phenoxy) is 1. The van der Waals surface area contributed by atoms with Gasteiger partial charge in [0.05, 0.1) is 13.7 Å². The summed E-state index contributed by atoms with van der Waals surface area (Å²) < 4.78 is 19.0. The molecule has 2 aromatic carbocycles. The Bertz CT molecular complexity index is 749. The molecule has 0 aromatic heterocycles. The minimum atomic E-state index is -0.400. The van der Waals surface area contributed by atoms with Crippen molar-refractivity contribution in [3.8, 4) is 5.75 Å². The molecule has 0 saturated heterocycles. The van der Waals surface area contributed by atoms with Gasteiger partial charge in [-0.25, -0.2) is 4.39 Å². The number of hydrogen-bond donors (Lipinski definition) is 1. The van der Waals surface area contributed by atoms with Crippen molar-refractivity contribution in [3.63, 3.8) is 0 Å². The number of nitrogens with zero attached hydrogens (tertiary/aromatic N) is 1. The van der Waals surface area contributed by atoms with E-state index in [4.69, 9.17) is 4.74 Å². The van der Waals surface area contributed by atoms with E-state index in [1.165, 1.54) is 17.9 Å². The van der Waals surface area contributed by atoms with Crippen LogP contribution < -0.4 is 10.1 Å². The van der Waals surface area contributed by atoms with E-state index >= 15 is 0 Å². The minimum absolute atomic E-state index is 0.0457. The van der Waals surface area contributed by atoms with Crippen molar-refractivity contribution >= 4 is 11.8 Å². The molecular formula is C19H21FN2O3. The SMILES string of the molecule is COc1ccccc1CNC(=O)CN(Cc1ccccc1F)C(C)=O. The van der Waals surface area contributed by atoms with Crippen LogP contribution in [0.2, 0.25) is 0 Å². The summed E-state index contributed by atoms with van der Waals surface area (Å²) in [5, 5.41) is 2.75. The Morgan fingerprint density at radius 3 is 2.36 bits per heavy atom. The van der Waals surface area contributed by atoms with E-state index in [-0.39, 0.29) is 31.4 Å². The molecule has 0 heterocycles. The fraction of sp³-hybridized carbons (Fsp3) is 0.263. The summed E-state index contributed by atoms with van der Waals surface area (Å²) >= 11 is 0. The number of carbonyl (C=O) groups is 2. The second-order valence-corrected chi connectivity index (χ2v) is 5.56. The van der Waals surface area contributed by atoms with Crippen molar-refractivity contribution in [2.45, 2.75) is 20.0 Å². The Kier molecular flexibility index (Phi) is 6.51. The number of halogens is 1. The molecule has 1 N–H and O–H groups in total. The molecule has 0 aliphatic heterocycles. The van der Waals surface area contributed by atoms with E-state index in [0.29, 0.717) is 11.3 Å². The third-order valence-electron chi connectivity index (χ3n) is 3.77. The number of benzene rings is 2. The van der Waals surface area contributed by atoms with Gasteiger partial charge >= 0.3 is 0 Å². The van der Waals surface area contributed by atoms with Gasteiger partial charge in [0.15, 0.2) is 0 Å². The van der Waals surface area contributed by atoms with Gasteiger partial charge in [0, 0.05) is 31.1 Å². The third kappa shape index (κ3) is 5.31. The maximum Gasteiger partial charge on any atom is 0.239 e. The Morgan fingerprint density at radius 1 is 1.08 bits per heavy atom. The van der Waals surface area contributed by atoms with Crippen molar-refractivity contribution < 1.29 is 18.7 Å². The fourth-order valence-electron chi connectivity index (χ4n) is 2.38. The second kappa shape index (κ2) is 8.82. The molecule has 0 aliphatic carbocycles. The molecule has 2 rings (SSSR count). The first-order valence-corrected chi connectivity index (χ1v) is 7.88. The largest absolute Gasteiger partial charge is 0.496 e. The van der Waals surface area contributed by atoms with Crippen molar-refractivity contribution in [1.82, 2.24) is 10.2 Å². The van der Waals surface area contributed by atoms with Crippen LogP contribution in [0.4, 0.5) is 4.39 Å². The molecule has 0 aliphatic rings. The standard InChI is InChI=1S/C19H21FN2O3/c1-14(23)22(12-16-8-3-5-9-17(16)20)13-19(24)21-11-15-7-4-6-10-18(15)25-2/h3-10H,11-13H2,1-2H3,(H,21,24). The van der Waals surface area contributed by atoms with E-state index in [9.17, 15) is 14.0 Å². The number of para-hydroxylation sites is 1. The van der Waals surface area contributed by atoms with E-state index in [1.807, 2.05) is 24.3 Å². The molecule has 0 spiro atoms. The summed E-state index contributed by atoms with van der Waals surface area (Å²) in [5.74, 6) is -0.339. The average molecular weight is 344 g/mol. The lowest BCUT2D eigenvalue weighted by atomic mass is 10.2. The first kappa shape index (κ1) is 18.4. The van der Waals surface area contributed by atoms with Gasteiger partial charge in [-0.1, -0.05) is 36.4 Å². The Hall–Kier alpha value is -2.89. The highest BCUT2D eigenvalue weighted by molar-refractivity contribution is 5.83. The van der Waals surface area contributed by atoms with Gasteiger partial charge < -0.3 is 15.0 Å². The molecular weight excluding hydrogens is 323 g/mol. The number of carbonyl (C=O) groups excluding carboxylic acids is 2. The summed E-state index contributed by atoms with van der Waals surface area (Å²) in [6, 6.07) is 13.5.